The summed E-state index contributed by atoms with van der Waals surface area (Å²) < 4.78 is 0. The van der Waals surface area contributed by atoms with Gasteiger partial charge in [0.05, 0.1) is 0 Å². The molecule has 0 radical (unpaired) electrons. The number of aryl methyl sites for hydroxylation is 1. The van der Waals surface area contributed by atoms with Crippen LogP contribution in [0.2, 0.25) is 0 Å². The summed E-state index contributed by atoms with van der Waals surface area (Å²) in [4.78, 5) is 25.1. The van der Waals surface area contributed by atoms with Crippen molar-refractivity contribution in [1.82, 2.24) is 0 Å². The van der Waals surface area contributed by atoms with Crippen molar-refractivity contribution in [3.63, 3.8) is 0 Å². The highest BCUT2D eigenvalue weighted by atomic mass is 16.2. The molecule has 2 unspecified atom stereocenters. The molecule has 2 rings (SSSR count). The standard InChI is InChI=1S/C17H22O2/c1-4-12-10-13(5-2)17(19)15(16(12)18)14-9-7-6-8-11(14)3/h6-9,12-13,15H,4-5,10H2,1-3H3. The Morgan fingerprint density at radius 2 is 1.53 bits per heavy atom. The van der Waals surface area contributed by atoms with E-state index in [-0.39, 0.29) is 23.4 Å². The second kappa shape index (κ2) is 5.68. The van der Waals surface area contributed by atoms with Gasteiger partial charge in [-0.25, -0.2) is 0 Å². The third-order valence-electron chi connectivity index (χ3n) is 4.43. The summed E-state index contributed by atoms with van der Waals surface area (Å²) in [6.45, 7) is 6.06. The van der Waals surface area contributed by atoms with E-state index >= 15 is 0 Å². The largest absolute Gasteiger partial charge is 0.298 e. The van der Waals surface area contributed by atoms with Gasteiger partial charge >= 0.3 is 0 Å². The molecule has 1 aromatic rings. The lowest BCUT2D eigenvalue weighted by Gasteiger charge is -2.32. The first kappa shape index (κ1) is 14.0. The molecule has 0 aliphatic heterocycles. The maximum absolute atomic E-state index is 12.6. The van der Waals surface area contributed by atoms with Crippen molar-refractivity contribution in [2.24, 2.45) is 11.8 Å². The van der Waals surface area contributed by atoms with Gasteiger partial charge in [-0.2, -0.15) is 0 Å². The van der Waals surface area contributed by atoms with Crippen LogP contribution in [0.5, 0.6) is 0 Å². The smallest absolute Gasteiger partial charge is 0.150 e. The number of carbonyl (C=O) groups excluding carboxylic acids is 2. The number of Topliss-reactive ketones (excluding diaryl/α,β-unsaturated/α-hetero) is 2. The predicted molar refractivity (Wildman–Crippen MR) is 76.1 cm³/mol. The van der Waals surface area contributed by atoms with Gasteiger partial charge in [0.25, 0.3) is 0 Å². The van der Waals surface area contributed by atoms with Gasteiger partial charge in [0, 0.05) is 11.8 Å². The van der Waals surface area contributed by atoms with Crippen molar-refractivity contribution >= 4 is 11.6 Å². The first-order valence-electron chi connectivity index (χ1n) is 7.23. The molecule has 0 heterocycles. The summed E-state index contributed by atoms with van der Waals surface area (Å²) in [5.74, 6) is -0.164. The van der Waals surface area contributed by atoms with Crippen molar-refractivity contribution in [2.45, 2.75) is 46.0 Å². The molecule has 1 aliphatic rings. The predicted octanol–water partition coefficient (Wildman–Crippen LogP) is 3.67. The highest BCUT2D eigenvalue weighted by Crippen LogP contribution is 2.37. The Labute approximate surface area is 115 Å². The van der Waals surface area contributed by atoms with Crippen LogP contribution in [0.4, 0.5) is 0 Å². The van der Waals surface area contributed by atoms with Crippen molar-refractivity contribution < 1.29 is 9.59 Å². The van der Waals surface area contributed by atoms with Crippen molar-refractivity contribution in [3.8, 4) is 0 Å². The van der Waals surface area contributed by atoms with Crippen LogP contribution < -0.4 is 0 Å². The minimum atomic E-state index is -0.523. The summed E-state index contributed by atoms with van der Waals surface area (Å²) in [6.07, 6.45) is 2.42. The van der Waals surface area contributed by atoms with Crippen LogP contribution in [0, 0.1) is 18.8 Å². The van der Waals surface area contributed by atoms with Gasteiger partial charge in [-0.15, -0.1) is 0 Å². The Bertz CT molecular complexity index is 468. The molecule has 2 atom stereocenters. The van der Waals surface area contributed by atoms with E-state index in [0.717, 1.165) is 30.4 Å². The molecular weight excluding hydrogens is 236 g/mol. The van der Waals surface area contributed by atoms with Gasteiger partial charge in [0.2, 0.25) is 0 Å². The van der Waals surface area contributed by atoms with E-state index in [2.05, 4.69) is 0 Å². The lowest BCUT2D eigenvalue weighted by molar-refractivity contribution is -0.138. The average Bonchev–Trinajstić information content (AvgIpc) is 2.41. The van der Waals surface area contributed by atoms with Crippen molar-refractivity contribution in [1.29, 1.82) is 0 Å². The Kier molecular flexibility index (Phi) is 4.18. The monoisotopic (exact) mass is 258 g/mol. The van der Waals surface area contributed by atoms with E-state index in [1.807, 2.05) is 45.0 Å². The number of hydrogen-bond acceptors (Lipinski definition) is 2. The minimum Gasteiger partial charge on any atom is -0.298 e. The van der Waals surface area contributed by atoms with Gasteiger partial charge in [0.1, 0.15) is 5.92 Å². The topological polar surface area (TPSA) is 34.1 Å². The third kappa shape index (κ3) is 2.49. The first-order valence-corrected chi connectivity index (χ1v) is 7.23. The SMILES string of the molecule is CCC1CC(CC)C(=O)C(c2ccccc2C)C1=O. The zero-order valence-electron chi connectivity index (χ0n) is 12.0. The Balaban J connectivity index is 2.43. The van der Waals surface area contributed by atoms with E-state index in [0.29, 0.717) is 0 Å². The normalized spacial score (nSPS) is 27.6. The quantitative estimate of drug-likeness (QED) is 0.775. The number of rotatable bonds is 3. The highest BCUT2D eigenvalue weighted by molar-refractivity contribution is 6.11. The zero-order chi connectivity index (χ0) is 14.0. The molecule has 0 spiro atoms. The zero-order valence-corrected chi connectivity index (χ0v) is 12.0. The molecule has 0 amide bonds. The van der Waals surface area contributed by atoms with Crippen molar-refractivity contribution in [3.05, 3.63) is 35.4 Å². The average molecular weight is 258 g/mol. The van der Waals surface area contributed by atoms with Crippen LogP contribution >= 0.6 is 0 Å². The number of benzene rings is 1. The molecule has 0 N–H and O–H groups in total. The number of carbonyl (C=O) groups is 2. The fourth-order valence-electron chi connectivity index (χ4n) is 3.14. The van der Waals surface area contributed by atoms with E-state index in [1.54, 1.807) is 0 Å². The Hall–Kier alpha value is -1.44. The van der Waals surface area contributed by atoms with Crippen LogP contribution in [-0.4, -0.2) is 11.6 Å². The highest BCUT2D eigenvalue weighted by Gasteiger charge is 2.42. The van der Waals surface area contributed by atoms with Gasteiger partial charge in [-0.05, 0) is 37.3 Å². The van der Waals surface area contributed by atoms with Crippen LogP contribution in [0.15, 0.2) is 24.3 Å². The molecule has 19 heavy (non-hydrogen) atoms. The second-order valence-electron chi connectivity index (χ2n) is 5.54. The molecule has 1 aliphatic carbocycles. The molecule has 1 saturated carbocycles. The third-order valence-corrected chi connectivity index (χ3v) is 4.43. The Morgan fingerprint density at radius 1 is 1.00 bits per heavy atom. The summed E-state index contributed by atoms with van der Waals surface area (Å²) in [7, 11) is 0. The second-order valence-corrected chi connectivity index (χ2v) is 5.54. The molecule has 102 valence electrons. The molecule has 1 fully saturated rings. The summed E-state index contributed by atoms with van der Waals surface area (Å²) in [6, 6.07) is 7.78. The molecule has 1 aromatic carbocycles. The molecule has 0 aromatic heterocycles. The molecule has 0 bridgehead atoms. The van der Waals surface area contributed by atoms with E-state index in [4.69, 9.17) is 0 Å². The number of hydrogen-bond donors (Lipinski definition) is 0. The molecular formula is C17H22O2. The van der Waals surface area contributed by atoms with Gasteiger partial charge in [-0.3, -0.25) is 9.59 Å². The fourth-order valence-corrected chi connectivity index (χ4v) is 3.14. The first-order chi connectivity index (χ1) is 9.10. The molecule has 2 nitrogen and oxygen atoms in total. The van der Waals surface area contributed by atoms with Crippen LogP contribution in [0.1, 0.15) is 50.2 Å². The Morgan fingerprint density at radius 3 is 2.00 bits per heavy atom. The van der Waals surface area contributed by atoms with Crippen LogP contribution in [0.3, 0.4) is 0 Å². The van der Waals surface area contributed by atoms with Gasteiger partial charge in [0.15, 0.2) is 11.6 Å². The summed E-state index contributed by atoms with van der Waals surface area (Å²) in [5, 5.41) is 0. The number of ketones is 2. The maximum atomic E-state index is 12.6. The molecule has 0 saturated heterocycles. The van der Waals surface area contributed by atoms with E-state index in [9.17, 15) is 9.59 Å². The van der Waals surface area contributed by atoms with E-state index in [1.165, 1.54) is 0 Å². The summed E-state index contributed by atoms with van der Waals surface area (Å²) in [5.41, 5.74) is 1.95. The molecule has 2 heteroatoms. The van der Waals surface area contributed by atoms with Crippen LogP contribution in [-0.2, 0) is 9.59 Å². The summed E-state index contributed by atoms with van der Waals surface area (Å²) >= 11 is 0. The fraction of sp³-hybridized carbons (Fsp3) is 0.529. The van der Waals surface area contributed by atoms with Gasteiger partial charge in [-0.1, -0.05) is 38.1 Å². The minimum absolute atomic E-state index is 0.0484. The van der Waals surface area contributed by atoms with Gasteiger partial charge < -0.3 is 0 Å². The van der Waals surface area contributed by atoms with Crippen molar-refractivity contribution in [2.75, 3.05) is 0 Å². The maximum Gasteiger partial charge on any atom is 0.150 e. The van der Waals surface area contributed by atoms with Crippen LogP contribution in [0.25, 0.3) is 0 Å². The lowest BCUT2D eigenvalue weighted by Crippen LogP contribution is -2.39. The lowest BCUT2D eigenvalue weighted by atomic mass is 9.68. The van der Waals surface area contributed by atoms with E-state index < -0.39 is 5.92 Å².